The average Bonchev–Trinajstić information content (AvgIpc) is 2.49. The number of amides is 2. The van der Waals surface area contributed by atoms with E-state index in [1.165, 1.54) is 23.8 Å². The number of rotatable bonds is 5. The molecule has 0 fully saturated rings. The third-order valence-electron chi connectivity index (χ3n) is 2.95. The zero-order valence-electron chi connectivity index (χ0n) is 11.4. The fourth-order valence-electron chi connectivity index (χ4n) is 1.89. The van der Waals surface area contributed by atoms with Gasteiger partial charge in [-0.1, -0.05) is 41.9 Å². The predicted molar refractivity (Wildman–Crippen MR) is 83.2 cm³/mol. The summed E-state index contributed by atoms with van der Waals surface area (Å²) in [5.74, 6) is -0.509. The second kappa shape index (κ2) is 7.64. The highest BCUT2D eigenvalue weighted by atomic mass is 35.5. The molecule has 0 radical (unpaired) electrons. The molecule has 0 saturated carbocycles. The number of nitrogens with one attached hydrogen (secondary N) is 2. The van der Waals surface area contributed by atoms with E-state index in [0.29, 0.717) is 12.2 Å². The van der Waals surface area contributed by atoms with E-state index < -0.39 is 5.82 Å². The van der Waals surface area contributed by atoms with Crippen molar-refractivity contribution in [3.05, 3.63) is 64.9 Å². The minimum absolute atomic E-state index is 0.0168. The second-order valence-corrected chi connectivity index (χ2v) is 5.01. The van der Waals surface area contributed by atoms with Crippen molar-refractivity contribution < 1.29 is 9.18 Å². The average molecular weight is 307 g/mol. The van der Waals surface area contributed by atoms with Gasteiger partial charge in [-0.05, 0) is 36.6 Å². The first-order valence-corrected chi connectivity index (χ1v) is 7.07. The predicted octanol–water partition coefficient (Wildman–Crippen LogP) is 4.23. The maximum absolute atomic E-state index is 13.0. The van der Waals surface area contributed by atoms with Crippen molar-refractivity contribution in [1.29, 1.82) is 0 Å². The van der Waals surface area contributed by atoms with Crippen molar-refractivity contribution in [2.45, 2.75) is 12.8 Å². The van der Waals surface area contributed by atoms with E-state index in [2.05, 4.69) is 22.8 Å². The van der Waals surface area contributed by atoms with Crippen LogP contribution in [0.25, 0.3) is 0 Å². The fraction of sp³-hybridized carbons (Fsp3) is 0.188. The molecule has 0 atom stereocenters. The van der Waals surface area contributed by atoms with Crippen LogP contribution in [-0.2, 0) is 6.42 Å². The Kier molecular flexibility index (Phi) is 5.58. The maximum atomic E-state index is 13.0. The Hall–Kier alpha value is -2.07. The molecule has 2 amide bonds. The van der Waals surface area contributed by atoms with Gasteiger partial charge in [0.15, 0.2) is 0 Å². The van der Waals surface area contributed by atoms with Crippen molar-refractivity contribution in [1.82, 2.24) is 5.32 Å². The highest BCUT2D eigenvalue weighted by Gasteiger charge is 2.04. The third-order valence-corrected chi connectivity index (χ3v) is 3.24. The molecule has 2 aromatic rings. The van der Waals surface area contributed by atoms with Crippen LogP contribution in [0.5, 0.6) is 0 Å². The van der Waals surface area contributed by atoms with Gasteiger partial charge in [0.2, 0.25) is 0 Å². The number of urea groups is 1. The topological polar surface area (TPSA) is 41.1 Å². The van der Waals surface area contributed by atoms with E-state index in [9.17, 15) is 9.18 Å². The molecule has 21 heavy (non-hydrogen) atoms. The lowest BCUT2D eigenvalue weighted by Gasteiger charge is -2.08. The van der Waals surface area contributed by atoms with E-state index in [0.717, 1.165) is 12.8 Å². The quantitative estimate of drug-likeness (QED) is 0.797. The van der Waals surface area contributed by atoms with Crippen molar-refractivity contribution in [2.24, 2.45) is 0 Å². The van der Waals surface area contributed by atoms with E-state index >= 15 is 0 Å². The summed E-state index contributed by atoms with van der Waals surface area (Å²) in [6.45, 7) is 0.565. The van der Waals surface area contributed by atoms with Gasteiger partial charge in [-0.25, -0.2) is 9.18 Å². The molecular formula is C16H16ClFN2O. The molecule has 0 saturated heterocycles. The van der Waals surface area contributed by atoms with Crippen molar-refractivity contribution in [3.8, 4) is 0 Å². The van der Waals surface area contributed by atoms with E-state index in [1.54, 1.807) is 0 Å². The summed E-state index contributed by atoms with van der Waals surface area (Å²) in [7, 11) is 0. The van der Waals surface area contributed by atoms with Gasteiger partial charge in [-0.3, -0.25) is 0 Å². The zero-order chi connectivity index (χ0) is 15.1. The minimum atomic E-state index is -0.509. The van der Waals surface area contributed by atoms with Gasteiger partial charge >= 0.3 is 6.03 Å². The van der Waals surface area contributed by atoms with Crippen LogP contribution in [0.4, 0.5) is 14.9 Å². The molecule has 3 nitrogen and oxygen atoms in total. The second-order valence-electron chi connectivity index (χ2n) is 4.60. The molecular weight excluding hydrogens is 291 g/mol. The van der Waals surface area contributed by atoms with Crippen LogP contribution in [-0.4, -0.2) is 12.6 Å². The molecule has 5 heteroatoms. The standard InChI is InChI=1S/C16H16ClFN2O/c17-14-11-13(8-9-15(14)18)20-16(21)19-10-4-7-12-5-2-1-3-6-12/h1-3,5-6,8-9,11H,4,7,10H2,(H2,19,20,21). The van der Waals surface area contributed by atoms with Gasteiger partial charge in [-0.2, -0.15) is 0 Å². The van der Waals surface area contributed by atoms with Gasteiger partial charge in [-0.15, -0.1) is 0 Å². The lowest BCUT2D eigenvalue weighted by Crippen LogP contribution is -2.29. The zero-order valence-corrected chi connectivity index (χ0v) is 12.2. The van der Waals surface area contributed by atoms with E-state index in [-0.39, 0.29) is 11.1 Å². The van der Waals surface area contributed by atoms with Crippen LogP contribution >= 0.6 is 11.6 Å². The summed E-state index contributed by atoms with van der Waals surface area (Å²) in [6, 6.07) is 13.8. The molecule has 2 N–H and O–H groups in total. The summed E-state index contributed by atoms with van der Waals surface area (Å²) in [5, 5.41) is 5.34. The van der Waals surface area contributed by atoms with Crippen LogP contribution in [0, 0.1) is 5.82 Å². The van der Waals surface area contributed by atoms with Crippen LogP contribution in [0.3, 0.4) is 0 Å². The van der Waals surface area contributed by atoms with Gasteiger partial charge in [0.1, 0.15) is 5.82 Å². The molecule has 0 unspecified atom stereocenters. The lowest BCUT2D eigenvalue weighted by molar-refractivity contribution is 0.252. The molecule has 0 aliphatic rings. The van der Waals surface area contributed by atoms with Gasteiger partial charge in [0.05, 0.1) is 5.02 Å². The number of carbonyl (C=O) groups excluding carboxylic acids is 1. The molecule has 0 spiro atoms. The number of aryl methyl sites for hydroxylation is 1. The van der Waals surface area contributed by atoms with Crippen LogP contribution in [0.2, 0.25) is 5.02 Å². The van der Waals surface area contributed by atoms with Crippen LogP contribution < -0.4 is 10.6 Å². The Labute approximate surface area is 128 Å². The van der Waals surface area contributed by atoms with Crippen LogP contribution in [0.15, 0.2) is 48.5 Å². The lowest BCUT2D eigenvalue weighted by atomic mass is 10.1. The minimum Gasteiger partial charge on any atom is -0.338 e. The first-order chi connectivity index (χ1) is 10.1. The maximum Gasteiger partial charge on any atom is 0.319 e. The fourth-order valence-corrected chi connectivity index (χ4v) is 2.07. The summed E-state index contributed by atoms with van der Waals surface area (Å²) < 4.78 is 13.0. The Morgan fingerprint density at radius 3 is 2.62 bits per heavy atom. The van der Waals surface area contributed by atoms with Gasteiger partial charge in [0.25, 0.3) is 0 Å². The first-order valence-electron chi connectivity index (χ1n) is 6.69. The number of hydrogen-bond acceptors (Lipinski definition) is 1. The Morgan fingerprint density at radius 1 is 1.14 bits per heavy atom. The highest BCUT2D eigenvalue weighted by molar-refractivity contribution is 6.31. The van der Waals surface area contributed by atoms with Crippen molar-refractivity contribution in [3.63, 3.8) is 0 Å². The number of carbonyl (C=O) groups is 1. The monoisotopic (exact) mass is 306 g/mol. The molecule has 0 aliphatic carbocycles. The molecule has 0 aliphatic heterocycles. The molecule has 0 aromatic heterocycles. The molecule has 110 valence electrons. The Balaban J connectivity index is 1.71. The van der Waals surface area contributed by atoms with Gasteiger partial charge in [0, 0.05) is 12.2 Å². The first kappa shape index (κ1) is 15.3. The third kappa shape index (κ3) is 5.08. The largest absolute Gasteiger partial charge is 0.338 e. The van der Waals surface area contributed by atoms with Crippen LogP contribution in [0.1, 0.15) is 12.0 Å². The smallest absolute Gasteiger partial charge is 0.319 e. The SMILES string of the molecule is O=C(NCCCc1ccccc1)Nc1ccc(F)c(Cl)c1. The number of hydrogen-bond donors (Lipinski definition) is 2. The number of benzene rings is 2. The van der Waals surface area contributed by atoms with Crippen molar-refractivity contribution in [2.75, 3.05) is 11.9 Å². The number of anilines is 1. The highest BCUT2D eigenvalue weighted by Crippen LogP contribution is 2.19. The van der Waals surface area contributed by atoms with Crippen molar-refractivity contribution >= 4 is 23.3 Å². The summed E-state index contributed by atoms with van der Waals surface area (Å²) >= 11 is 5.65. The normalized spacial score (nSPS) is 10.2. The van der Waals surface area contributed by atoms with Gasteiger partial charge < -0.3 is 10.6 Å². The van der Waals surface area contributed by atoms with E-state index in [1.807, 2.05) is 18.2 Å². The number of halogens is 2. The molecule has 0 bridgehead atoms. The Bertz CT molecular complexity index is 604. The Morgan fingerprint density at radius 2 is 1.90 bits per heavy atom. The molecule has 2 rings (SSSR count). The van der Waals surface area contributed by atoms with E-state index in [4.69, 9.17) is 11.6 Å². The summed E-state index contributed by atoms with van der Waals surface area (Å²) in [4.78, 5) is 11.7. The molecule has 2 aromatic carbocycles. The summed E-state index contributed by atoms with van der Waals surface area (Å²) in [5.41, 5.74) is 1.70. The summed E-state index contributed by atoms with van der Waals surface area (Å²) in [6.07, 6.45) is 1.76. The molecule has 0 heterocycles.